The van der Waals surface area contributed by atoms with Gasteiger partial charge in [0.2, 0.25) is 0 Å². The Morgan fingerprint density at radius 3 is 2.56 bits per heavy atom. The summed E-state index contributed by atoms with van der Waals surface area (Å²) >= 11 is 1.77. The third-order valence-electron chi connectivity index (χ3n) is 4.01. The fraction of sp³-hybridized carbons (Fsp3) is 0.500. The normalized spacial score (nSPS) is 11.1. The van der Waals surface area contributed by atoms with Crippen LogP contribution in [0.15, 0.2) is 23.2 Å². The van der Waals surface area contributed by atoms with Crippen LogP contribution in [0.1, 0.15) is 40.6 Å². The van der Waals surface area contributed by atoms with Gasteiger partial charge in [0.1, 0.15) is 5.75 Å². The smallest absolute Gasteiger partial charge is 0.191 e. The van der Waals surface area contributed by atoms with Crippen molar-refractivity contribution in [1.29, 1.82) is 0 Å². The molecule has 0 unspecified atom stereocenters. The van der Waals surface area contributed by atoms with Crippen LogP contribution in [-0.4, -0.2) is 30.6 Å². The second-order valence-corrected chi connectivity index (χ2v) is 7.44. The van der Waals surface area contributed by atoms with E-state index in [2.05, 4.69) is 55.4 Å². The number of rotatable bonds is 8. The van der Waals surface area contributed by atoms with Crippen molar-refractivity contribution in [2.75, 3.05) is 19.7 Å². The fourth-order valence-electron chi connectivity index (χ4n) is 2.57. The number of aromatic nitrogens is 1. The second-order valence-electron chi connectivity index (χ2n) is 6.15. The first kappa shape index (κ1) is 23.7. The van der Waals surface area contributed by atoms with Gasteiger partial charge >= 0.3 is 0 Å². The summed E-state index contributed by atoms with van der Waals surface area (Å²) in [7, 11) is 0. The lowest BCUT2D eigenvalue weighted by molar-refractivity contribution is 0.338. The van der Waals surface area contributed by atoms with E-state index in [9.17, 15) is 0 Å². The van der Waals surface area contributed by atoms with Gasteiger partial charge in [0.15, 0.2) is 5.96 Å². The maximum Gasteiger partial charge on any atom is 0.191 e. The molecule has 0 fully saturated rings. The van der Waals surface area contributed by atoms with Gasteiger partial charge in [0, 0.05) is 24.4 Å². The summed E-state index contributed by atoms with van der Waals surface area (Å²) in [5.74, 6) is 1.78. The average Bonchev–Trinajstić information content (AvgIpc) is 2.93. The molecule has 2 rings (SSSR count). The Morgan fingerprint density at radius 1 is 1.19 bits per heavy atom. The van der Waals surface area contributed by atoms with Crippen molar-refractivity contribution in [1.82, 2.24) is 15.6 Å². The molecule has 27 heavy (non-hydrogen) atoms. The Labute approximate surface area is 184 Å². The number of guanidine groups is 1. The summed E-state index contributed by atoms with van der Waals surface area (Å²) in [5, 5.41) is 7.87. The van der Waals surface area contributed by atoms with Crippen molar-refractivity contribution in [2.45, 2.75) is 47.6 Å². The molecule has 5 nitrogen and oxygen atoms in total. The highest BCUT2D eigenvalue weighted by molar-refractivity contribution is 14.0. The molecule has 0 atom stereocenters. The monoisotopic (exact) mass is 502 g/mol. The molecule has 0 saturated heterocycles. The van der Waals surface area contributed by atoms with Gasteiger partial charge in [-0.15, -0.1) is 35.3 Å². The molecule has 0 saturated carbocycles. The molecule has 7 heteroatoms. The molecule has 150 valence electrons. The first-order valence-electron chi connectivity index (χ1n) is 9.20. The lowest BCUT2D eigenvalue weighted by atomic mass is 10.1. The summed E-state index contributed by atoms with van der Waals surface area (Å²) < 4.78 is 5.60. The quantitative estimate of drug-likeness (QED) is 0.320. The fourth-order valence-corrected chi connectivity index (χ4v) is 3.51. The van der Waals surface area contributed by atoms with Gasteiger partial charge in [-0.1, -0.05) is 12.1 Å². The highest BCUT2D eigenvalue weighted by Crippen LogP contribution is 2.19. The molecule has 0 aliphatic rings. The Balaban J connectivity index is 0.00000364. The zero-order valence-corrected chi connectivity index (χ0v) is 20.0. The second kappa shape index (κ2) is 12.2. The zero-order valence-electron chi connectivity index (χ0n) is 16.9. The highest BCUT2D eigenvalue weighted by atomic mass is 127. The first-order chi connectivity index (χ1) is 12.5. The number of nitrogens with zero attached hydrogens (tertiary/aromatic N) is 2. The minimum Gasteiger partial charge on any atom is -0.494 e. The van der Waals surface area contributed by atoms with Crippen LogP contribution >= 0.6 is 35.3 Å². The van der Waals surface area contributed by atoms with E-state index in [1.54, 1.807) is 11.3 Å². The molecule has 0 spiro atoms. The van der Waals surface area contributed by atoms with Crippen LogP contribution in [0.3, 0.4) is 0 Å². The van der Waals surface area contributed by atoms with Crippen molar-refractivity contribution in [3.05, 3.63) is 44.9 Å². The highest BCUT2D eigenvalue weighted by Gasteiger charge is 2.05. The van der Waals surface area contributed by atoms with Gasteiger partial charge in [-0.25, -0.2) is 9.98 Å². The average molecular weight is 502 g/mol. The minimum atomic E-state index is 0. The van der Waals surface area contributed by atoms with Crippen LogP contribution in [0.4, 0.5) is 0 Å². The first-order valence-corrected chi connectivity index (χ1v) is 10.0. The molecule has 0 aliphatic carbocycles. The summed E-state index contributed by atoms with van der Waals surface area (Å²) in [6.45, 7) is 13.3. The van der Waals surface area contributed by atoms with Gasteiger partial charge in [0.25, 0.3) is 0 Å². The van der Waals surface area contributed by atoms with Crippen LogP contribution < -0.4 is 15.4 Å². The van der Waals surface area contributed by atoms with E-state index in [0.29, 0.717) is 13.2 Å². The van der Waals surface area contributed by atoms with E-state index < -0.39 is 0 Å². The molecule has 1 aromatic carbocycles. The van der Waals surface area contributed by atoms with Gasteiger partial charge < -0.3 is 15.4 Å². The Hall–Kier alpha value is -1.35. The Morgan fingerprint density at radius 2 is 1.96 bits per heavy atom. The minimum absolute atomic E-state index is 0. The van der Waals surface area contributed by atoms with Gasteiger partial charge in [-0.2, -0.15) is 0 Å². The molecular weight excluding hydrogens is 471 g/mol. The molecular formula is C20H31IN4OS. The summed E-state index contributed by atoms with van der Waals surface area (Å²) in [6, 6.07) is 6.24. The number of nitrogens with one attached hydrogen (secondary N) is 2. The van der Waals surface area contributed by atoms with Crippen LogP contribution in [0.25, 0.3) is 0 Å². The number of aliphatic imine (C=N–C) groups is 1. The molecule has 0 radical (unpaired) electrons. The molecule has 0 bridgehead atoms. The number of halogens is 1. The van der Waals surface area contributed by atoms with Gasteiger partial charge in [0.05, 0.1) is 23.9 Å². The largest absolute Gasteiger partial charge is 0.494 e. The number of thiazole rings is 1. The van der Waals surface area contributed by atoms with E-state index in [1.165, 1.54) is 15.4 Å². The molecule has 0 aliphatic heterocycles. The molecule has 1 aromatic heterocycles. The maximum atomic E-state index is 5.60. The van der Waals surface area contributed by atoms with E-state index in [1.807, 2.05) is 13.0 Å². The standard InChI is InChI=1S/C20H30N4OS.HI/c1-6-21-20(22-11-10-19-24-15(4)16(5)26-19)23-13-17-8-9-18(25-7-2)14(3)12-17;/h8-9,12H,6-7,10-11,13H2,1-5H3,(H2,21,22,23);1H. The topological polar surface area (TPSA) is 58.5 Å². The SMILES string of the molecule is CCNC(=NCc1ccc(OCC)c(C)c1)NCCc1nc(C)c(C)s1.I. The predicted octanol–water partition coefficient (Wildman–Crippen LogP) is 4.38. The van der Waals surface area contributed by atoms with Gasteiger partial charge in [-0.05, 0) is 51.8 Å². The third kappa shape index (κ3) is 7.65. The van der Waals surface area contributed by atoms with Crippen molar-refractivity contribution in [3.63, 3.8) is 0 Å². The number of hydrogen-bond donors (Lipinski definition) is 2. The van der Waals surface area contributed by atoms with E-state index in [0.717, 1.165) is 42.5 Å². The Kier molecular flexibility index (Phi) is 10.7. The number of aryl methyl sites for hydroxylation is 3. The lowest BCUT2D eigenvalue weighted by Crippen LogP contribution is -2.38. The number of benzene rings is 1. The molecule has 2 N–H and O–H groups in total. The summed E-state index contributed by atoms with van der Waals surface area (Å²) in [6.07, 6.45) is 0.909. The lowest BCUT2D eigenvalue weighted by Gasteiger charge is -2.11. The number of hydrogen-bond acceptors (Lipinski definition) is 4. The predicted molar refractivity (Wildman–Crippen MR) is 126 cm³/mol. The van der Waals surface area contributed by atoms with Crippen LogP contribution in [0, 0.1) is 20.8 Å². The van der Waals surface area contributed by atoms with Crippen LogP contribution in [0.5, 0.6) is 5.75 Å². The van der Waals surface area contributed by atoms with Crippen LogP contribution in [0.2, 0.25) is 0 Å². The van der Waals surface area contributed by atoms with E-state index in [4.69, 9.17) is 9.73 Å². The molecule has 2 aromatic rings. The van der Waals surface area contributed by atoms with Crippen LogP contribution in [-0.2, 0) is 13.0 Å². The van der Waals surface area contributed by atoms with Crippen molar-refractivity contribution < 1.29 is 4.74 Å². The number of ether oxygens (including phenoxy) is 1. The summed E-state index contributed by atoms with van der Waals surface area (Å²) in [4.78, 5) is 10.6. The Bertz CT molecular complexity index is 726. The van der Waals surface area contributed by atoms with E-state index >= 15 is 0 Å². The van der Waals surface area contributed by atoms with Crippen molar-refractivity contribution in [2.24, 2.45) is 4.99 Å². The van der Waals surface area contributed by atoms with Crippen molar-refractivity contribution in [3.8, 4) is 5.75 Å². The van der Waals surface area contributed by atoms with Crippen molar-refractivity contribution >= 4 is 41.3 Å². The molecule has 0 amide bonds. The third-order valence-corrected chi connectivity index (χ3v) is 5.14. The van der Waals surface area contributed by atoms with E-state index in [-0.39, 0.29) is 24.0 Å². The maximum absolute atomic E-state index is 5.60. The van der Waals surface area contributed by atoms with Gasteiger partial charge in [-0.3, -0.25) is 0 Å². The zero-order chi connectivity index (χ0) is 18.9. The molecule has 1 heterocycles. The summed E-state index contributed by atoms with van der Waals surface area (Å²) in [5.41, 5.74) is 3.46.